The van der Waals surface area contributed by atoms with Gasteiger partial charge in [0.05, 0.1) is 5.69 Å². The third kappa shape index (κ3) is 4.41. The number of hydrogen-bond donors (Lipinski definition) is 1. The molecule has 7 heteroatoms. The number of nitrogens with zero attached hydrogens (tertiary/aromatic N) is 3. The average Bonchev–Trinajstić information content (AvgIpc) is 2.43. The lowest BCUT2D eigenvalue weighted by Crippen LogP contribution is -2.57. The standard InChI is InChI=1S/C17H26FN3O3/c1-11(2)7-14(16(23)24)21-15(22)12(3)8-13(19-21)5-6-20-9-17(4,18)10-20/h8,11,14H,5-7,9-10H2,1-4H3,(H,23,24). The van der Waals surface area contributed by atoms with E-state index in [1.54, 1.807) is 19.9 Å². The Morgan fingerprint density at radius 3 is 2.58 bits per heavy atom. The van der Waals surface area contributed by atoms with Crippen LogP contribution in [0.25, 0.3) is 0 Å². The van der Waals surface area contributed by atoms with Crippen molar-refractivity contribution in [2.24, 2.45) is 5.92 Å². The van der Waals surface area contributed by atoms with Gasteiger partial charge >= 0.3 is 5.97 Å². The van der Waals surface area contributed by atoms with Crippen molar-refractivity contribution < 1.29 is 14.3 Å². The molecule has 2 heterocycles. The first-order valence-electron chi connectivity index (χ1n) is 8.32. The maximum Gasteiger partial charge on any atom is 0.328 e. The van der Waals surface area contributed by atoms with Crippen LogP contribution in [0.5, 0.6) is 0 Å². The van der Waals surface area contributed by atoms with Crippen molar-refractivity contribution in [2.75, 3.05) is 19.6 Å². The van der Waals surface area contributed by atoms with Crippen LogP contribution in [0.2, 0.25) is 0 Å². The van der Waals surface area contributed by atoms with E-state index < -0.39 is 17.7 Å². The van der Waals surface area contributed by atoms with Crippen molar-refractivity contribution >= 4 is 5.97 Å². The lowest BCUT2D eigenvalue weighted by atomic mass is 9.99. The van der Waals surface area contributed by atoms with E-state index in [0.29, 0.717) is 43.7 Å². The Morgan fingerprint density at radius 2 is 2.08 bits per heavy atom. The Bertz CT molecular complexity index is 662. The van der Waals surface area contributed by atoms with Gasteiger partial charge in [0.15, 0.2) is 6.04 Å². The van der Waals surface area contributed by atoms with Gasteiger partial charge in [-0.1, -0.05) is 13.8 Å². The summed E-state index contributed by atoms with van der Waals surface area (Å²) in [7, 11) is 0. The Kier molecular flexibility index (Phi) is 5.42. The summed E-state index contributed by atoms with van der Waals surface area (Å²) < 4.78 is 14.6. The molecule has 1 aliphatic heterocycles. The Labute approximate surface area is 141 Å². The van der Waals surface area contributed by atoms with Crippen LogP contribution >= 0.6 is 0 Å². The minimum Gasteiger partial charge on any atom is -0.480 e. The number of carboxylic acid groups (broad SMARTS) is 1. The second kappa shape index (κ2) is 7.01. The molecule has 0 bridgehead atoms. The molecule has 0 saturated carbocycles. The lowest BCUT2D eigenvalue weighted by molar-refractivity contribution is -0.141. The molecule has 1 fully saturated rings. The van der Waals surface area contributed by atoms with Gasteiger partial charge in [0.25, 0.3) is 5.56 Å². The zero-order valence-corrected chi connectivity index (χ0v) is 14.8. The summed E-state index contributed by atoms with van der Waals surface area (Å²) in [6.07, 6.45) is 0.905. The maximum atomic E-state index is 13.5. The minimum atomic E-state index is -1.12. The van der Waals surface area contributed by atoms with Crippen molar-refractivity contribution in [1.82, 2.24) is 14.7 Å². The summed E-state index contributed by atoms with van der Waals surface area (Å²) in [6.45, 7) is 8.51. The first kappa shape index (κ1) is 18.6. The molecular formula is C17H26FN3O3. The maximum absolute atomic E-state index is 13.5. The number of likely N-dealkylation sites (tertiary alicyclic amines) is 1. The predicted octanol–water partition coefficient (Wildman–Crippen LogP) is 1.81. The van der Waals surface area contributed by atoms with Gasteiger partial charge in [-0.2, -0.15) is 5.10 Å². The van der Waals surface area contributed by atoms with Crippen LogP contribution in [0.3, 0.4) is 0 Å². The van der Waals surface area contributed by atoms with Crippen molar-refractivity contribution in [1.29, 1.82) is 0 Å². The highest BCUT2D eigenvalue weighted by molar-refractivity contribution is 5.71. The van der Waals surface area contributed by atoms with Gasteiger partial charge in [0.2, 0.25) is 0 Å². The van der Waals surface area contributed by atoms with E-state index in [0.717, 1.165) is 4.68 Å². The van der Waals surface area contributed by atoms with Gasteiger partial charge in [0, 0.05) is 31.6 Å². The number of aromatic nitrogens is 2. The number of aliphatic carboxylic acids is 1. The Balaban J connectivity index is 2.18. The van der Waals surface area contributed by atoms with Crippen molar-refractivity contribution in [3.05, 3.63) is 27.7 Å². The van der Waals surface area contributed by atoms with Gasteiger partial charge in [-0.05, 0) is 32.3 Å². The molecule has 1 N–H and O–H groups in total. The summed E-state index contributed by atoms with van der Waals surface area (Å²) in [6, 6.07) is 0.732. The summed E-state index contributed by atoms with van der Waals surface area (Å²) in [5, 5.41) is 13.7. The summed E-state index contributed by atoms with van der Waals surface area (Å²) >= 11 is 0. The van der Waals surface area contributed by atoms with Gasteiger partial charge < -0.3 is 5.11 Å². The molecule has 1 atom stereocenters. The fraction of sp³-hybridized carbons (Fsp3) is 0.706. The molecule has 1 unspecified atom stereocenters. The van der Waals surface area contributed by atoms with Crippen molar-refractivity contribution in [3.63, 3.8) is 0 Å². The summed E-state index contributed by atoms with van der Waals surface area (Å²) in [5.74, 6) is -0.919. The van der Waals surface area contributed by atoms with Gasteiger partial charge in [-0.15, -0.1) is 0 Å². The second-order valence-corrected chi connectivity index (χ2v) is 7.43. The van der Waals surface area contributed by atoms with Gasteiger partial charge in [-0.25, -0.2) is 13.9 Å². The molecule has 24 heavy (non-hydrogen) atoms. The fourth-order valence-corrected chi connectivity index (χ4v) is 3.11. The highest BCUT2D eigenvalue weighted by Gasteiger charge is 2.38. The van der Waals surface area contributed by atoms with E-state index in [2.05, 4.69) is 5.10 Å². The van der Waals surface area contributed by atoms with Crippen LogP contribution < -0.4 is 5.56 Å². The number of aryl methyl sites for hydroxylation is 1. The van der Waals surface area contributed by atoms with Gasteiger partial charge in [-0.3, -0.25) is 9.69 Å². The Hall–Kier alpha value is -1.76. The fourth-order valence-electron chi connectivity index (χ4n) is 3.11. The number of halogens is 1. The zero-order valence-electron chi connectivity index (χ0n) is 14.8. The predicted molar refractivity (Wildman–Crippen MR) is 89.0 cm³/mol. The summed E-state index contributed by atoms with van der Waals surface area (Å²) in [5.41, 5.74) is -0.344. The first-order chi connectivity index (χ1) is 11.1. The van der Waals surface area contributed by atoms with E-state index in [1.807, 2.05) is 18.7 Å². The smallest absolute Gasteiger partial charge is 0.328 e. The topological polar surface area (TPSA) is 75.4 Å². The quantitative estimate of drug-likeness (QED) is 0.820. The average molecular weight is 339 g/mol. The molecule has 0 amide bonds. The first-order valence-corrected chi connectivity index (χ1v) is 8.32. The zero-order chi connectivity index (χ0) is 18.1. The van der Waals surface area contributed by atoms with Crippen LogP contribution in [-0.4, -0.2) is 51.1 Å². The number of hydrogen-bond acceptors (Lipinski definition) is 4. The molecule has 0 spiro atoms. The third-order valence-corrected chi connectivity index (χ3v) is 4.23. The highest BCUT2D eigenvalue weighted by Crippen LogP contribution is 2.24. The molecule has 1 aliphatic rings. The lowest BCUT2D eigenvalue weighted by Gasteiger charge is -2.42. The molecule has 1 aromatic heterocycles. The highest BCUT2D eigenvalue weighted by atomic mass is 19.1. The molecule has 134 valence electrons. The minimum absolute atomic E-state index is 0.132. The normalized spacial score (nSPS) is 18.4. The van der Waals surface area contributed by atoms with E-state index in [1.165, 1.54) is 0 Å². The van der Waals surface area contributed by atoms with E-state index >= 15 is 0 Å². The molecule has 1 saturated heterocycles. The molecule has 2 rings (SSSR count). The van der Waals surface area contributed by atoms with E-state index in [9.17, 15) is 19.1 Å². The van der Waals surface area contributed by atoms with E-state index in [4.69, 9.17) is 0 Å². The number of alkyl halides is 1. The van der Waals surface area contributed by atoms with Crippen LogP contribution in [0.4, 0.5) is 4.39 Å². The second-order valence-electron chi connectivity index (χ2n) is 7.43. The molecule has 0 aromatic carbocycles. The molecule has 0 aliphatic carbocycles. The number of carbonyl (C=O) groups is 1. The van der Waals surface area contributed by atoms with E-state index in [-0.39, 0.29) is 11.5 Å². The van der Waals surface area contributed by atoms with Crippen LogP contribution in [0.1, 0.15) is 44.5 Å². The van der Waals surface area contributed by atoms with Crippen LogP contribution in [-0.2, 0) is 11.2 Å². The monoisotopic (exact) mass is 339 g/mol. The molecule has 1 aromatic rings. The SMILES string of the molecule is Cc1cc(CCN2CC(C)(F)C2)nn(C(CC(C)C)C(=O)O)c1=O. The van der Waals surface area contributed by atoms with Crippen LogP contribution in [0.15, 0.2) is 10.9 Å². The molecule has 6 nitrogen and oxygen atoms in total. The van der Waals surface area contributed by atoms with Crippen LogP contribution in [0, 0.1) is 12.8 Å². The number of rotatable bonds is 7. The molecule has 0 radical (unpaired) electrons. The third-order valence-electron chi connectivity index (χ3n) is 4.23. The molecular weight excluding hydrogens is 313 g/mol. The summed E-state index contributed by atoms with van der Waals surface area (Å²) in [4.78, 5) is 25.9. The largest absolute Gasteiger partial charge is 0.480 e. The van der Waals surface area contributed by atoms with Crippen molar-refractivity contribution in [3.8, 4) is 0 Å². The Morgan fingerprint density at radius 1 is 1.46 bits per heavy atom. The number of carboxylic acids is 1. The van der Waals surface area contributed by atoms with Gasteiger partial charge in [0.1, 0.15) is 5.67 Å². The van der Waals surface area contributed by atoms with Crippen molar-refractivity contribution in [2.45, 2.75) is 52.2 Å².